The first-order chi connectivity index (χ1) is 3.84. The molecule has 1 heterocycles. The molecule has 0 aromatic carbocycles. The first-order valence-corrected chi connectivity index (χ1v) is 2.66. The van der Waals surface area contributed by atoms with Gasteiger partial charge in [-0.1, -0.05) is 0 Å². The molecule has 0 radical (unpaired) electrons. The van der Waals surface area contributed by atoms with Gasteiger partial charge < -0.3 is 10.1 Å². The highest BCUT2D eigenvalue weighted by molar-refractivity contribution is 5.76. The maximum absolute atomic E-state index is 10.5. The van der Waals surface area contributed by atoms with E-state index in [-0.39, 0.29) is 12.0 Å². The molecular formula is C5H9NO2. The zero-order chi connectivity index (χ0) is 5.98. The van der Waals surface area contributed by atoms with Crippen molar-refractivity contribution in [3.05, 3.63) is 0 Å². The molecule has 1 N–H and O–H groups in total. The van der Waals surface area contributed by atoms with Gasteiger partial charge in [-0.05, 0) is 13.0 Å². The van der Waals surface area contributed by atoms with E-state index in [1.165, 1.54) is 7.11 Å². The molecule has 1 aliphatic rings. The number of carbonyl (C=O) groups excluding carboxylic acids is 1. The minimum absolute atomic E-state index is 0.0139. The predicted octanol–water partition coefficient (Wildman–Crippen LogP) is -0.479. The Hall–Kier alpha value is -0.570. The lowest BCUT2D eigenvalue weighted by Gasteiger charge is -2.24. The van der Waals surface area contributed by atoms with Crippen molar-refractivity contribution in [2.45, 2.75) is 12.5 Å². The summed E-state index contributed by atoms with van der Waals surface area (Å²) in [6, 6.07) is -0.0139. The average Bonchev–Trinajstić information content (AvgIpc) is 1.62. The van der Waals surface area contributed by atoms with Gasteiger partial charge in [0.1, 0.15) is 6.04 Å². The topological polar surface area (TPSA) is 38.3 Å². The molecule has 0 aromatic heterocycles. The Labute approximate surface area is 48.0 Å². The summed E-state index contributed by atoms with van der Waals surface area (Å²) in [5.74, 6) is -0.142. The Kier molecular flexibility index (Phi) is 1.48. The molecule has 0 aliphatic carbocycles. The normalized spacial score (nSPS) is 26.4. The second kappa shape index (κ2) is 2.13. The smallest absolute Gasteiger partial charge is 0.322 e. The quantitative estimate of drug-likeness (QED) is 0.469. The second-order valence-electron chi connectivity index (χ2n) is 1.82. The Morgan fingerprint density at radius 3 is 2.62 bits per heavy atom. The minimum Gasteiger partial charge on any atom is -0.468 e. The second-order valence-corrected chi connectivity index (χ2v) is 1.82. The zero-order valence-electron chi connectivity index (χ0n) is 4.81. The van der Waals surface area contributed by atoms with Crippen LogP contribution in [0.3, 0.4) is 0 Å². The Morgan fingerprint density at radius 1 is 1.88 bits per heavy atom. The van der Waals surface area contributed by atoms with Crippen molar-refractivity contribution in [3.63, 3.8) is 0 Å². The van der Waals surface area contributed by atoms with Crippen molar-refractivity contribution in [2.75, 3.05) is 13.7 Å². The molecule has 0 saturated carbocycles. The van der Waals surface area contributed by atoms with Gasteiger partial charge in [-0.2, -0.15) is 0 Å². The number of carbonyl (C=O) groups is 1. The highest BCUT2D eigenvalue weighted by Crippen LogP contribution is 2.01. The summed E-state index contributed by atoms with van der Waals surface area (Å²) in [4.78, 5) is 10.5. The van der Waals surface area contributed by atoms with E-state index in [2.05, 4.69) is 10.1 Å². The number of ether oxygens (including phenoxy) is 1. The van der Waals surface area contributed by atoms with Crippen LogP contribution in [0.5, 0.6) is 0 Å². The molecule has 3 heteroatoms. The zero-order valence-corrected chi connectivity index (χ0v) is 4.81. The average molecular weight is 115 g/mol. The third-order valence-electron chi connectivity index (χ3n) is 1.31. The fraction of sp³-hybridized carbons (Fsp3) is 0.800. The number of hydrogen-bond acceptors (Lipinski definition) is 3. The fourth-order valence-electron chi connectivity index (χ4n) is 0.632. The van der Waals surface area contributed by atoms with Gasteiger partial charge in [0.05, 0.1) is 7.11 Å². The van der Waals surface area contributed by atoms with Gasteiger partial charge in [0, 0.05) is 0 Å². The van der Waals surface area contributed by atoms with E-state index in [9.17, 15) is 4.79 Å². The number of rotatable bonds is 1. The van der Waals surface area contributed by atoms with Crippen LogP contribution in [-0.2, 0) is 9.53 Å². The van der Waals surface area contributed by atoms with Crippen LogP contribution in [0.25, 0.3) is 0 Å². The molecule has 3 nitrogen and oxygen atoms in total. The van der Waals surface area contributed by atoms with Crippen LogP contribution in [-0.4, -0.2) is 25.7 Å². The van der Waals surface area contributed by atoms with Gasteiger partial charge in [0.15, 0.2) is 0 Å². The largest absolute Gasteiger partial charge is 0.468 e. The molecule has 1 atom stereocenters. The van der Waals surface area contributed by atoms with Crippen LogP contribution in [0.2, 0.25) is 0 Å². The number of hydrogen-bond donors (Lipinski definition) is 1. The number of esters is 1. The molecule has 0 amide bonds. The van der Waals surface area contributed by atoms with Gasteiger partial charge in [0.25, 0.3) is 0 Å². The van der Waals surface area contributed by atoms with Gasteiger partial charge >= 0.3 is 5.97 Å². The Bertz CT molecular complexity index is 98.6. The number of methoxy groups -OCH3 is 1. The van der Waals surface area contributed by atoms with Crippen molar-refractivity contribution in [3.8, 4) is 0 Å². The van der Waals surface area contributed by atoms with E-state index in [1.807, 2.05) is 0 Å². The molecule has 1 saturated heterocycles. The summed E-state index contributed by atoms with van der Waals surface area (Å²) in [5.41, 5.74) is 0. The molecule has 0 bridgehead atoms. The lowest BCUT2D eigenvalue weighted by atomic mass is 10.1. The summed E-state index contributed by atoms with van der Waals surface area (Å²) >= 11 is 0. The van der Waals surface area contributed by atoms with Crippen molar-refractivity contribution >= 4 is 5.97 Å². The summed E-state index contributed by atoms with van der Waals surface area (Å²) in [5, 5.41) is 2.92. The monoisotopic (exact) mass is 115 g/mol. The van der Waals surface area contributed by atoms with Crippen molar-refractivity contribution in [2.24, 2.45) is 0 Å². The maximum Gasteiger partial charge on any atom is 0.322 e. The summed E-state index contributed by atoms with van der Waals surface area (Å²) in [6.45, 7) is 0.944. The fourth-order valence-corrected chi connectivity index (χ4v) is 0.632. The van der Waals surface area contributed by atoms with Crippen LogP contribution in [0.4, 0.5) is 0 Å². The Balaban J connectivity index is 2.24. The van der Waals surface area contributed by atoms with Crippen molar-refractivity contribution in [1.29, 1.82) is 0 Å². The lowest BCUT2D eigenvalue weighted by Crippen LogP contribution is -2.48. The van der Waals surface area contributed by atoms with E-state index in [0.29, 0.717) is 0 Å². The Morgan fingerprint density at radius 2 is 2.50 bits per heavy atom. The molecule has 1 rings (SSSR count). The predicted molar refractivity (Wildman–Crippen MR) is 28.4 cm³/mol. The lowest BCUT2D eigenvalue weighted by molar-refractivity contribution is -0.144. The van der Waals surface area contributed by atoms with E-state index in [4.69, 9.17) is 0 Å². The van der Waals surface area contributed by atoms with Crippen LogP contribution < -0.4 is 5.32 Å². The third-order valence-corrected chi connectivity index (χ3v) is 1.31. The van der Waals surface area contributed by atoms with Gasteiger partial charge in [0.2, 0.25) is 0 Å². The minimum atomic E-state index is -0.142. The molecule has 0 aromatic rings. The highest BCUT2D eigenvalue weighted by Gasteiger charge is 2.24. The molecule has 1 fully saturated rings. The standard InChI is InChI=1S/C5H9NO2/c1-8-5(7)4-2-3-6-4/h4,6H,2-3H2,1H3/t4-/m0/s1. The van der Waals surface area contributed by atoms with E-state index in [0.717, 1.165) is 13.0 Å². The van der Waals surface area contributed by atoms with Crippen LogP contribution >= 0.6 is 0 Å². The van der Waals surface area contributed by atoms with Crippen molar-refractivity contribution < 1.29 is 9.53 Å². The van der Waals surface area contributed by atoms with Crippen LogP contribution in [0.1, 0.15) is 6.42 Å². The SMILES string of the molecule is COC(=O)[C@@H]1CCN1. The van der Waals surface area contributed by atoms with Gasteiger partial charge in [-0.25, -0.2) is 0 Å². The van der Waals surface area contributed by atoms with E-state index >= 15 is 0 Å². The molecule has 1 aliphatic heterocycles. The van der Waals surface area contributed by atoms with E-state index in [1.54, 1.807) is 0 Å². The maximum atomic E-state index is 10.5. The summed E-state index contributed by atoms with van der Waals surface area (Å²) in [7, 11) is 1.41. The van der Waals surface area contributed by atoms with Gasteiger partial charge in [-0.15, -0.1) is 0 Å². The van der Waals surface area contributed by atoms with Crippen molar-refractivity contribution in [1.82, 2.24) is 5.32 Å². The summed E-state index contributed by atoms with van der Waals surface area (Å²) < 4.78 is 4.45. The molecule has 46 valence electrons. The highest BCUT2D eigenvalue weighted by atomic mass is 16.5. The molecular weight excluding hydrogens is 106 g/mol. The third kappa shape index (κ3) is 0.816. The van der Waals surface area contributed by atoms with Crippen LogP contribution in [0.15, 0.2) is 0 Å². The first kappa shape index (κ1) is 5.56. The van der Waals surface area contributed by atoms with Crippen LogP contribution in [0, 0.1) is 0 Å². The van der Waals surface area contributed by atoms with Gasteiger partial charge in [-0.3, -0.25) is 4.79 Å². The molecule has 0 unspecified atom stereocenters. The molecule has 8 heavy (non-hydrogen) atoms. The first-order valence-electron chi connectivity index (χ1n) is 2.66. The number of nitrogens with one attached hydrogen (secondary N) is 1. The van der Waals surface area contributed by atoms with E-state index < -0.39 is 0 Å². The summed E-state index contributed by atoms with van der Waals surface area (Å²) in [6.07, 6.45) is 0.923. The molecule has 0 spiro atoms.